The van der Waals surface area contributed by atoms with E-state index in [-0.39, 0.29) is 21.1 Å². The fraction of sp³-hybridized carbons (Fsp3) is 0.111. The Kier molecular flexibility index (Phi) is 10.2. The molecule has 0 bridgehead atoms. The van der Waals surface area contributed by atoms with Crippen molar-refractivity contribution >= 4 is 44.6 Å². The summed E-state index contributed by atoms with van der Waals surface area (Å²) >= 11 is 0. The molecule has 3 heterocycles. The van der Waals surface area contributed by atoms with Crippen LogP contribution in [0.25, 0.3) is 49.9 Å². The van der Waals surface area contributed by atoms with Crippen molar-refractivity contribution in [3.05, 3.63) is 198 Å². The quantitative estimate of drug-likeness (QED) is 0.149. The van der Waals surface area contributed by atoms with Gasteiger partial charge in [0.05, 0.1) is 0 Å². The molecule has 0 saturated heterocycles. The van der Waals surface area contributed by atoms with Crippen molar-refractivity contribution in [2.75, 3.05) is 9.80 Å². The molecule has 0 fully saturated rings. The average molecular weight is 959 g/mol. The number of benzene rings is 7. The summed E-state index contributed by atoms with van der Waals surface area (Å²) in [6.45, 7) is 15.3. The molecule has 0 atom stereocenters. The maximum absolute atomic E-state index is 6.62. The number of aromatic nitrogens is 2. The zero-order chi connectivity index (χ0) is 40.4. The number of pyridine rings is 1. The Balaban J connectivity index is 0.00000462. The van der Waals surface area contributed by atoms with Crippen LogP contribution in [0.1, 0.15) is 33.4 Å². The molecule has 0 saturated carbocycles. The van der Waals surface area contributed by atoms with Crippen LogP contribution in [0, 0.1) is 60.3 Å². The van der Waals surface area contributed by atoms with E-state index in [0.717, 1.165) is 55.8 Å². The third-order valence-corrected chi connectivity index (χ3v) is 12.0. The van der Waals surface area contributed by atoms with Gasteiger partial charge in [-0.05, 0) is 133 Å². The van der Waals surface area contributed by atoms with Crippen LogP contribution in [0.5, 0.6) is 11.5 Å². The standard InChI is InChI=1S/C54H43N4O.Pt/c1-34-15-13-16-35(2)53(34)47-21-8-7-19-44(47)40-27-28-55-52(30-40)58-48-22-10-9-20-45(48)46-26-25-43(32-51(46)58)59-42-18-14-17-41(31-42)56-33-57(50-24-12-11-23-49(50)56)54-38(5)36(3)29-37(4)39(54)6;/h7-30,33H,1-6H3;/q-3;. The predicted octanol–water partition coefficient (Wildman–Crippen LogP) is 14.2. The van der Waals surface area contributed by atoms with Gasteiger partial charge in [-0.1, -0.05) is 84.4 Å². The van der Waals surface area contributed by atoms with Crippen LogP contribution >= 0.6 is 0 Å². The van der Waals surface area contributed by atoms with Crippen LogP contribution < -0.4 is 14.5 Å². The molecule has 2 aromatic heterocycles. The van der Waals surface area contributed by atoms with Crippen molar-refractivity contribution in [3.8, 4) is 39.6 Å². The second kappa shape index (κ2) is 15.6. The largest absolute Gasteiger partial charge is 0.509 e. The molecule has 0 amide bonds. The molecular formula is C54H43N4OPt-3. The minimum Gasteiger partial charge on any atom is -0.509 e. The Hall–Kier alpha value is -6.42. The topological polar surface area (TPSA) is 33.5 Å². The van der Waals surface area contributed by atoms with E-state index in [2.05, 4.69) is 196 Å². The van der Waals surface area contributed by atoms with Gasteiger partial charge in [0.25, 0.3) is 0 Å². The molecule has 1 aliphatic rings. The number of nitrogens with zero attached hydrogens (tertiary/aromatic N) is 4. The van der Waals surface area contributed by atoms with Crippen LogP contribution in [-0.2, 0) is 21.1 Å². The SMILES string of the molecule is Cc1cc(C)c(C)c(N2[CH-]N(c3[c-]c(Oc4[c-]c5c(cc4)c4ccccc4n5-c4cc(-c5ccccc5-c5c(C)cccc5C)ccn4)ccc3)c3ccccc32)c1C.[Pt]. The van der Waals surface area contributed by atoms with E-state index >= 15 is 0 Å². The molecule has 0 N–H and O–H groups in total. The zero-order valence-electron chi connectivity index (χ0n) is 34.4. The normalized spacial score (nSPS) is 12.2. The van der Waals surface area contributed by atoms with Gasteiger partial charge in [0.2, 0.25) is 0 Å². The Morgan fingerprint density at radius 2 is 1.20 bits per heavy atom. The number of hydrogen-bond donors (Lipinski definition) is 0. The summed E-state index contributed by atoms with van der Waals surface area (Å²) in [7, 11) is 0. The molecule has 1 aliphatic heterocycles. The zero-order valence-corrected chi connectivity index (χ0v) is 36.7. The second-order valence-electron chi connectivity index (χ2n) is 15.6. The number of rotatable bonds is 7. The van der Waals surface area contributed by atoms with Crippen molar-refractivity contribution in [1.29, 1.82) is 0 Å². The van der Waals surface area contributed by atoms with E-state index in [1.165, 1.54) is 50.2 Å². The Morgan fingerprint density at radius 3 is 1.97 bits per heavy atom. The molecule has 9 aromatic rings. The third kappa shape index (κ3) is 6.58. The van der Waals surface area contributed by atoms with Crippen molar-refractivity contribution in [3.63, 3.8) is 0 Å². The summed E-state index contributed by atoms with van der Waals surface area (Å²) in [5, 5.41) is 2.21. The maximum atomic E-state index is 6.62. The first-order valence-corrected chi connectivity index (χ1v) is 20.1. The summed E-state index contributed by atoms with van der Waals surface area (Å²) in [5.74, 6) is 2.02. The minimum atomic E-state index is 0. The predicted molar refractivity (Wildman–Crippen MR) is 244 cm³/mol. The average Bonchev–Trinajstić information content (AvgIpc) is 3.79. The summed E-state index contributed by atoms with van der Waals surface area (Å²) in [6, 6.07) is 56.1. The van der Waals surface area contributed by atoms with Crippen molar-refractivity contribution < 1.29 is 25.8 Å². The van der Waals surface area contributed by atoms with E-state index in [1.807, 2.05) is 24.4 Å². The minimum absolute atomic E-state index is 0. The van der Waals surface area contributed by atoms with Crippen molar-refractivity contribution in [1.82, 2.24) is 9.55 Å². The summed E-state index contributed by atoms with van der Waals surface area (Å²) in [6.07, 6.45) is 1.91. The van der Waals surface area contributed by atoms with Crippen LogP contribution in [0.3, 0.4) is 0 Å². The smallest absolute Gasteiger partial charge is 0.136 e. The molecule has 0 spiro atoms. The van der Waals surface area contributed by atoms with Gasteiger partial charge in [-0.15, -0.1) is 48.1 Å². The van der Waals surface area contributed by atoms with Gasteiger partial charge < -0.3 is 19.1 Å². The molecule has 10 rings (SSSR count). The second-order valence-corrected chi connectivity index (χ2v) is 15.6. The first-order valence-electron chi connectivity index (χ1n) is 20.1. The molecule has 0 unspecified atom stereocenters. The first-order chi connectivity index (χ1) is 28.7. The van der Waals surface area contributed by atoms with E-state index in [1.54, 1.807) is 0 Å². The molecular weight excluding hydrogens is 916 g/mol. The molecule has 0 radical (unpaired) electrons. The van der Waals surface area contributed by atoms with Crippen LogP contribution in [0.4, 0.5) is 22.7 Å². The monoisotopic (exact) mass is 958 g/mol. The van der Waals surface area contributed by atoms with Gasteiger partial charge in [-0.3, -0.25) is 0 Å². The number of hydrogen-bond acceptors (Lipinski definition) is 4. The number of para-hydroxylation sites is 3. The van der Waals surface area contributed by atoms with Gasteiger partial charge >= 0.3 is 0 Å². The number of anilines is 4. The molecule has 0 aliphatic carbocycles. The van der Waals surface area contributed by atoms with Crippen molar-refractivity contribution in [2.45, 2.75) is 41.5 Å². The summed E-state index contributed by atoms with van der Waals surface area (Å²) < 4.78 is 8.82. The molecule has 6 heteroatoms. The van der Waals surface area contributed by atoms with Crippen molar-refractivity contribution in [2.24, 2.45) is 0 Å². The van der Waals surface area contributed by atoms with E-state index in [9.17, 15) is 0 Å². The fourth-order valence-corrected chi connectivity index (χ4v) is 8.87. The van der Waals surface area contributed by atoms with E-state index in [4.69, 9.17) is 9.72 Å². The first kappa shape index (κ1) is 39.1. The molecule has 60 heavy (non-hydrogen) atoms. The number of fused-ring (bicyclic) bond motifs is 4. The van der Waals surface area contributed by atoms with E-state index in [0.29, 0.717) is 11.5 Å². The fourth-order valence-electron chi connectivity index (χ4n) is 8.87. The van der Waals surface area contributed by atoms with Crippen LogP contribution in [0.15, 0.2) is 146 Å². The van der Waals surface area contributed by atoms with Gasteiger partial charge in [0.15, 0.2) is 0 Å². The van der Waals surface area contributed by atoms with Gasteiger partial charge in [0.1, 0.15) is 5.82 Å². The third-order valence-electron chi connectivity index (χ3n) is 12.0. The van der Waals surface area contributed by atoms with Gasteiger partial charge in [0, 0.05) is 61.3 Å². The Morgan fingerprint density at radius 1 is 0.550 bits per heavy atom. The number of ether oxygens (including phenoxy) is 1. The Bertz CT molecular complexity index is 3060. The Labute approximate surface area is 366 Å². The van der Waals surface area contributed by atoms with Crippen LogP contribution in [0.2, 0.25) is 0 Å². The van der Waals surface area contributed by atoms with Crippen LogP contribution in [-0.4, -0.2) is 9.55 Å². The molecule has 7 aromatic carbocycles. The van der Waals surface area contributed by atoms with E-state index < -0.39 is 0 Å². The molecule has 5 nitrogen and oxygen atoms in total. The maximum Gasteiger partial charge on any atom is 0.136 e. The summed E-state index contributed by atoms with van der Waals surface area (Å²) in [5.41, 5.74) is 18.6. The number of aryl methyl sites for hydroxylation is 4. The van der Waals surface area contributed by atoms with Gasteiger partial charge in [-0.2, -0.15) is 12.1 Å². The summed E-state index contributed by atoms with van der Waals surface area (Å²) in [4.78, 5) is 9.47. The van der Waals surface area contributed by atoms with Gasteiger partial charge in [-0.25, -0.2) is 4.98 Å². The molecule has 298 valence electrons.